The van der Waals surface area contributed by atoms with Crippen molar-refractivity contribution in [1.29, 1.82) is 0 Å². The second kappa shape index (κ2) is 6.09. The third-order valence-corrected chi connectivity index (χ3v) is 5.03. The highest BCUT2D eigenvalue weighted by Gasteiger charge is 2.48. The minimum absolute atomic E-state index is 0.253. The van der Waals surface area contributed by atoms with Gasteiger partial charge in [0.25, 0.3) is 0 Å². The fraction of sp³-hybridized carbons (Fsp3) is 0.333. The molecule has 138 valence electrons. The third-order valence-electron chi connectivity index (χ3n) is 5.03. The summed E-state index contributed by atoms with van der Waals surface area (Å²) < 4.78 is 0. The molecule has 6 nitrogen and oxygen atoms in total. The molecule has 0 saturated heterocycles. The summed E-state index contributed by atoms with van der Waals surface area (Å²) in [6.45, 7) is 7.97. The van der Waals surface area contributed by atoms with E-state index in [1.54, 1.807) is 0 Å². The van der Waals surface area contributed by atoms with E-state index in [0.717, 1.165) is 27.6 Å². The van der Waals surface area contributed by atoms with Crippen molar-refractivity contribution in [2.75, 3.05) is 0 Å². The number of nitrogens with zero attached hydrogens (tertiary/aromatic N) is 4. The van der Waals surface area contributed by atoms with Gasteiger partial charge in [-0.05, 0) is 44.9 Å². The van der Waals surface area contributed by atoms with Gasteiger partial charge in [0.15, 0.2) is 5.66 Å². The zero-order chi connectivity index (χ0) is 19.2. The molecule has 0 aliphatic carbocycles. The lowest BCUT2D eigenvalue weighted by molar-refractivity contribution is 0.576. The highest BCUT2D eigenvalue weighted by molar-refractivity contribution is 6.12. The van der Waals surface area contributed by atoms with Gasteiger partial charge < -0.3 is 11.1 Å². The topological polar surface area (TPSA) is 87.5 Å². The maximum absolute atomic E-state index is 5.91. The van der Waals surface area contributed by atoms with Gasteiger partial charge in [0, 0.05) is 0 Å². The van der Waals surface area contributed by atoms with Gasteiger partial charge in [-0.2, -0.15) is 0 Å². The first-order valence-corrected chi connectivity index (χ1v) is 9.14. The van der Waals surface area contributed by atoms with E-state index in [1.807, 2.05) is 44.2 Å². The van der Waals surface area contributed by atoms with Crippen LogP contribution in [0.4, 0.5) is 0 Å². The van der Waals surface area contributed by atoms with Gasteiger partial charge in [-0.15, -0.1) is 0 Å². The molecule has 0 fully saturated rings. The molecule has 0 saturated carbocycles. The molecule has 0 spiro atoms. The maximum atomic E-state index is 5.91. The summed E-state index contributed by atoms with van der Waals surface area (Å²) in [7, 11) is 0. The van der Waals surface area contributed by atoms with Crippen molar-refractivity contribution in [2.24, 2.45) is 25.7 Å². The fourth-order valence-electron chi connectivity index (χ4n) is 3.77. The van der Waals surface area contributed by atoms with Gasteiger partial charge in [0.1, 0.15) is 11.3 Å². The smallest absolute Gasteiger partial charge is 0.220 e. The highest BCUT2D eigenvalue weighted by Crippen LogP contribution is 2.37. The Morgan fingerprint density at radius 2 is 1.70 bits per heavy atom. The maximum Gasteiger partial charge on any atom is 0.220 e. The second-order valence-electron chi connectivity index (χ2n) is 7.45. The van der Waals surface area contributed by atoms with E-state index in [1.165, 1.54) is 0 Å². The summed E-state index contributed by atoms with van der Waals surface area (Å²) in [6, 6.07) is 16.2. The van der Waals surface area contributed by atoms with Crippen LogP contribution in [0.1, 0.15) is 31.9 Å². The van der Waals surface area contributed by atoms with Crippen molar-refractivity contribution in [1.82, 2.24) is 5.32 Å². The average Bonchev–Trinajstić information content (AvgIpc) is 3.15. The Morgan fingerprint density at radius 1 is 0.963 bits per heavy atom. The fourth-order valence-corrected chi connectivity index (χ4v) is 3.77. The van der Waals surface area contributed by atoms with Gasteiger partial charge in [0.05, 0.1) is 16.9 Å². The van der Waals surface area contributed by atoms with E-state index in [9.17, 15) is 0 Å². The van der Waals surface area contributed by atoms with Crippen molar-refractivity contribution in [3.63, 3.8) is 0 Å². The minimum Gasteiger partial charge on any atom is -0.340 e. The molecular formula is C21H24N6. The number of aryl methyl sites for hydroxylation is 1. The van der Waals surface area contributed by atoms with E-state index in [4.69, 9.17) is 25.7 Å². The van der Waals surface area contributed by atoms with Crippen molar-refractivity contribution in [3.8, 4) is 0 Å². The zero-order valence-electron chi connectivity index (χ0n) is 16.1. The van der Waals surface area contributed by atoms with E-state index >= 15 is 0 Å². The normalized spacial score (nSPS) is 27.1. The van der Waals surface area contributed by atoms with Crippen molar-refractivity contribution < 1.29 is 0 Å². The molecule has 4 rings (SSSR count). The predicted octanol–water partition coefficient (Wildman–Crippen LogP) is 1.58. The van der Waals surface area contributed by atoms with Crippen LogP contribution < -0.4 is 21.8 Å². The number of aliphatic imine (C=N–C) groups is 2. The van der Waals surface area contributed by atoms with Crippen molar-refractivity contribution >= 4 is 11.7 Å². The Morgan fingerprint density at radius 3 is 2.37 bits per heavy atom. The largest absolute Gasteiger partial charge is 0.340 e. The standard InChI is InChI=1S/C21H24N6/c1-13-9-8-12-16-17(13)26-21(4,25-16)18-20(3,15-10-6-5-7-11-15)27-19(24-18)23-14(2)22/h5-12,14H,22H2,1-4H3,(H,23,27). The first-order valence-electron chi connectivity index (χ1n) is 9.14. The van der Waals surface area contributed by atoms with Crippen LogP contribution in [0.3, 0.4) is 0 Å². The minimum atomic E-state index is -0.816. The van der Waals surface area contributed by atoms with Gasteiger partial charge in [-0.1, -0.05) is 42.5 Å². The summed E-state index contributed by atoms with van der Waals surface area (Å²) in [5.74, 6) is 0.519. The van der Waals surface area contributed by atoms with Crippen molar-refractivity contribution in [2.45, 2.75) is 45.1 Å². The molecule has 0 aromatic heterocycles. The number of para-hydroxylation sites is 1. The molecule has 2 aliphatic rings. The van der Waals surface area contributed by atoms with E-state index in [0.29, 0.717) is 5.96 Å². The molecule has 0 radical (unpaired) electrons. The molecule has 3 unspecified atom stereocenters. The molecule has 0 amide bonds. The Balaban J connectivity index is 1.89. The van der Waals surface area contributed by atoms with Crippen LogP contribution in [-0.2, 0) is 5.54 Å². The van der Waals surface area contributed by atoms with Crippen LogP contribution >= 0.6 is 0 Å². The number of rotatable bonds is 3. The molecule has 2 aliphatic heterocycles. The molecule has 2 aromatic rings. The van der Waals surface area contributed by atoms with Crippen molar-refractivity contribution in [3.05, 3.63) is 70.4 Å². The lowest BCUT2D eigenvalue weighted by atomic mass is 9.82. The number of fused-ring (bicyclic) bond motifs is 1. The quantitative estimate of drug-likeness (QED) is 0.814. The van der Waals surface area contributed by atoms with Gasteiger partial charge in [0.2, 0.25) is 5.96 Å². The molecule has 0 bridgehead atoms. The highest BCUT2D eigenvalue weighted by atomic mass is 15.3. The van der Waals surface area contributed by atoms with Crippen LogP contribution in [0.5, 0.6) is 0 Å². The van der Waals surface area contributed by atoms with Crippen LogP contribution in [0.15, 0.2) is 68.5 Å². The van der Waals surface area contributed by atoms with Crippen LogP contribution in [0.25, 0.3) is 0 Å². The van der Waals surface area contributed by atoms with E-state index in [-0.39, 0.29) is 6.17 Å². The molecule has 2 aromatic carbocycles. The van der Waals surface area contributed by atoms with E-state index in [2.05, 4.69) is 37.4 Å². The summed E-state index contributed by atoms with van der Waals surface area (Å²) in [4.78, 5) is 19.6. The number of nitrogens with two attached hydrogens (primary N) is 1. The van der Waals surface area contributed by atoms with E-state index < -0.39 is 11.2 Å². The number of hydrogen-bond donors (Lipinski definition) is 2. The average molecular weight is 360 g/mol. The molecule has 3 atom stereocenters. The van der Waals surface area contributed by atoms with Gasteiger partial charge >= 0.3 is 0 Å². The van der Waals surface area contributed by atoms with Gasteiger partial charge in [-0.25, -0.2) is 20.0 Å². The number of hydrogen-bond acceptors (Lipinski definition) is 6. The number of nitrogens with one attached hydrogen (secondary N) is 1. The predicted molar refractivity (Wildman–Crippen MR) is 107 cm³/mol. The van der Waals surface area contributed by atoms with Crippen LogP contribution in [0, 0.1) is 6.92 Å². The SMILES string of the molecule is Cc1cccc2c1=NC(C)(C1=NC(NC(C)N)=NC1(C)c1ccccc1)N=2. The zero-order valence-corrected chi connectivity index (χ0v) is 16.1. The molecule has 27 heavy (non-hydrogen) atoms. The Bertz CT molecular complexity index is 1070. The Kier molecular flexibility index (Phi) is 3.96. The monoisotopic (exact) mass is 360 g/mol. The number of benzene rings is 2. The molecule has 2 heterocycles. The molecule has 3 N–H and O–H groups in total. The van der Waals surface area contributed by atoms with Gasteiger partial charge in [-0.3, -0.25) is 0 Å². The lowest BCUT2D eigenvalue weighted by Gasteiger charge is -2.30. The Labute approximate surface area is 158 Å². The third kappa shape index (κ3) is 2.86. The second-order valence-corrected chi connectivity index (χ2v) is 7.45. The first-order chi connectivity index (χ1) is 12.8. The number of guanidine groups is 1. The summed E-state index contributed by atoms with van der Waals surface area (Å²) >= 11 is 0. The van der Waals surface area contributed by atoms with Crippen LogP contribution in [0.2, 0.25) is 0 Å². The Hall–Kier alpha value is -2.86. The summed E-state index contributed by atoms with van der Waals surface area (Å²) in [5.41, 5.74) is 7.37. The molecule has 6 heteroatoms. The summed E-state index contributed by atoms with van der Waals surface area (Å²) in [6.07, 6.45) is -0.253. The lowest BCUT2D eigenvalue weighted by Crippen LogP contribution is -2.43. The first kappa shape index (κ1) is 17.5. The van der Waals surface area contributed by atoms with Crippen LogP contribution in [-0.4, -0.2) is 23.5 Å². The summed E-state index contributed by atoms with van der Waals surface area (Å²) in [5, 5.41) is 4.94. The molecular weight excluding hydrogens is 336 g/mol.